The van der Waals surface area contributed by atoms with Gasteiger partial charge in [0.2, 0.25) is 0 Å². The fraction of sp³-hybridized carbons (Fsp3) is 0.316. The van der Waals surface area contributed by atoms with Crippen molar-refractivity contribution in [2.24, 2.45) is 0 Å². The molecule has 3 rings (SSSR count). The van der Waals surface area contributed by atoms with E-state index in [1.807, 2.05) is 13.0 Å². The van der Waals surface area contributed by atoms with E-state index in [4.69, 9.17) is 17.0 Å². The largest absolute Gasteiger partial charge is 0.487 e. The molecule has 3 nitrogen and oxygen atoms in total. The Morgan fingerprint density at radius 3 is 2.76 bits per heavy atom. The number of aryl methyl sites for hydroxylation is 1. The summed E-state index contributed by atoms with van der Waals surface area (Å²) in [6.07, 6.45) is 0.758. The Bertz CT molecular complexity index is 825. The topological polar surface area (TPSA) is 33.3 Å². The number of rotatable bonds is 2. The number of nitrogens with one attached hydrogen (secondary N) is 2. The first-order valence-electron chi connectivity index (χ1n) is 8.06. The monoisotopic (exact) mass is 422 g/mol. The average Bonchev–Trinajstić information content (AvgIpc) is 2.48. The molecule has 0 spiro atoms. The van der Waals surface area contributed by atoms with E-state index in [-0.39, 0.29) is 17.5 Å². The smallest absolute Gasteiger partial charge is 0.171 e. The van der Waals surface area contributed by atoms with Crippen LogP contribution < -0.4 is 15.4 Å². The van der Waals surface area contributed by atoms with Crippen LogP contribution in [0.5, 0.6) is 5.75 Å². The molecule has 2 aromatic rings. The first-order chi connectivity index (χ1) is 11.7. The van der Waals surface area contributed by atoms with Crippen molar-refractivity contribution in [3.8, 4) is 5.75 Å². The molecule has 0 saturated carbocycles. The summed E-state index contributed by atoms with van der Waals surface area (Å²) >= 11 is 8.65. The summed E-state index contributed by atoms with van der Waals surface area (Å²) in [4.78, 5) is 0. The molecule has 6 heteroatoms. The van der Waals surface area contributed by atoms with E-state index in [2.05, 4.69) is 52.5 Å². The highest BCUT2D eigenvalue weighted by Gasteiger charge is 2.34. The minimum Gasteiger partial charge on any atom is -0.487 e. The van der Waals surface area contributed by atoms with Crippen molar-refractivity contribution in [3.05, 3.63) is 57.8 Å². The molecule has 1 aliphatic heterocycles. The maximum absolute atomic E-state index is 14.0. The van der Waals surface area contributed by atoms with Crippen LogP contribution in [0.25, 0.3) is 0 Å². The Morgan fingerprint density at radius 2 is 2.04 bits per heavy atom. The highest BCUT2D eigenvalue weighted by molar-refractivity contribution is 9.10. The molecule has 2 aromatic carbocycles. The third-order valence-corrected chi connectivity index (χ3v) is 4.82. The number of halogens is 2. The molecule has 25 heavy (non-hydrogen) atoms. The van der Waals surface area contributed by atoms with Gasteiger partial charge in [0.15, 0.2) is 5.11 Å². The molecule has 0 amide bonds. The van der Waals surface area contributed by atoms with Crippen molar-refractivity contribution in [3.63, 3.8) is 0 Å². The summed E-state index contributed by atoms with van der Waals surface area (Å²) in [5.74, 6) is 0.508. The maximum Gasteiger partial charge on any atom is 0.171 e. The number of hydrogen-bond donors (Lipinski definition) is 2. The van der Waals surface area contributed by atoms with E-state index < -0.39 is 0 Å². The van der Waals surface area contributed by atoms with Gasteiger partial charge in [-0.1, -0.05) is 28.1 Å². The molecule has 1 heterocycles. The van der Waals surface area contributed by atoms with Gasteiger partial charge < -0.3 is 15.4 Å². The lowest BCUT2D eigenvalue weighted by atomic mass is 9.89. The first-order valence-corrected chi connectivity index (χ1v) is 9.26. The van der Waals surface area contributed by atoms with Gasteiger partial charge in [-0.2, -0.15) is 0 Å². The molecule has 0 aliphatic carbocycles. The molecular weight excluding hydrogens is 403 g/mol. The first kappa shape index (κ1) is 18.1. The van der Waals surface area contributed by atoms with Gasteiger partial charge in [0, 0.05) is 16.5 Å². The molecule has 0 aromatic heterocycles. The second-order valence-electron chi connectivity index (χ2n) is 6.88. The van der Waals surface area contributed by atoms with Crippen LogP contribution in [0.4, 0.5) is 10.1 Å². The van der Waals surface area contributed by atoms with Gasteiger partial charge >= 0.3 is 0 Å². The number of thiocarbonyl (C=S) groups is 1. The van der Waals surface area contributed by atoms with Crippen LogP contribution in [-0.4, -0.2) is 10.7 Å². The van der Waals surface area contributed by atoms with Gasteiger partial charge in [-0.15, -0.1) is 0 Å². The zero-order valence-electron chi connectivity index (χ0n) is 14.3. The fourth-order valence-corrected chi connectivity index (χ4v) is 3.58. The van der Waals surface area contributed by atoms with E-state index in [0.717, 1.165) is 23.3 Å². The number of ether oxygens (including phenoxy) is 1. The number of fused-ring (bicyclic) bond motifs is 1. The molecule has 1 atom stereocenters. The molecule has 0 bridgehead atoms. The van der Waals surface area contributed by atoms with Crippen LogP contribution in [0.1, 0.15) is 37.4 Å². The summed E-state index contributed by atoms with van der Waals surface area (Å²) in [5.41, 5.74) is 2.24. The molecule has 1 aliphatic rings. The summed E-state index contributed by atoms with van der Waals surface area (Å²) < 4.78 is 20.8. The standard InChI is InChI=1S/C19H20BrFN2OS/c1-11-4-6-13-16(10-19(2,3)24-17(13)8-11)23-18(25)22-15-7-5-12(20)9-14(15)21/h4-9,16H,10H2,1-3H3,(H2,22,23,25)/t16-/m0/s1. The zero-order valence-corrected chi connectivity index (χ0v) is 16.7. The predicted molar refractivity (Wildman–Crippen MR) is 107 cm³/mol. The lowest BCUT2D eigenvalue weighted by Gasteiger charge is -2.38. The minimum atomic E-state index is -0.359. The van der Waals surface area contributed by atoms with Crippen molar-refractivity contribution < 1.29 is 9.13 Å². The molecule has 2 N–H and O–H groups in total. The molecule has 0 fully saturated rings. The zero-order chi connectivity index (χ0) is 18.2. The predicted octanol–water partition coefficient (Wildman–Crippen LogP) is 5.49. The summed E-state index contributed by atoms with van der Waals surface area (Å²) in [6, 6.07) is 11.0. The quantitative estimate of drug-likeness (QED) is 0.627. The molecular formula is C19H20BrFN2OS. The third-order valence-electron chi connectivity index (χ3n) is 4.11. The van der Waals surface area contributed by atoms with Crippen molar-refractivity contribution >= 4 is 38.9 Å². The summed E-state index contributed by atoms with van der Waals surface area (Å²) in [7, 11) is 0. The Kier molecular flexibility index (Phi) is 5.02. The van der Waals surface area contributed by atoms with Crippen LogP contribution in [0, 0.1) is 12.7 Å². The third kappa shape index (κ3) is 4.30. The second-order valence-corrected chi connectivity index (χ2v) is 8.21. The van der Waals surface area contributed by atoms with Gasteiger partial charge in [0.05, 0.1) is 11.7 Å². The van der Waals surface area contributed by atoms with E-state index >= 15 is 0 Å². The second kappa shape index (κ2) is 6.92. The van der Waals surface area contributed by atoms with Crippen LogP contribution >= 0.6 is 28.1 Å². The van der Waals surface area contributed by atoms with Crippen LogP contribution in [0.15, 0.2) is 40.9 Å². The maximum atomic E-state index is 14.0. The fourth-order valence-electron chi connectivity index (χ4n) is 2.99. The van der Waals surface area contributed by atoms with E-state index in [1.165, 1.54) is 6.07 Å². The van der Waals surface area contributed by atoms with Crippen molar-refractivity contribution in [2.45, 2.75) is 38.8 Å². The summed E-state index contributed by atoms with van der Waals surface area (Å²) in [6.45, 7) is 6.14. The Morgan fingerprint density at radius 1 is 1.28 bits per heavy atom. The number of anilines is 1. The molecule has 0 saturated heterocycles. The SMILES string of the molecule is Cc1ccc2c(c1)OC(C)(C)C[C@@H]2NC(=S)Nc1ccc(Br)cc1F. The highest BCUT2D eigenvalue weighted by Crippen LogP contribution is 2.39. The average molecular weight is 423 g/mol. The Balaban J connectivity index is 1.79. The number of hydrogen-bond acceptors (Lipinski definition) is 2. The van der Waals surface area contributed by atoms with E-state index in [9.17, 15) is 4.39 Å². The minimum absolute atomic E-state index is 0.00198. The lowest BCUT2D eigenvalue weighted by Crippen LogP contribution is -2.42. The van der Waals surface area contributed by atoms with E-state index in [0.29, 0.717) is 15.3 Å². The normalized spacial score (nSPS) is 18.0. The highest BCUT2D eigenvalue weighted by atomic mass is 79.9. The van der Waals surface area contributed by atoms with Crippen molar-refractivity contribution in [2.75, 3.05) is 5.32 Å². The molecule has 0 radical (unpaired) electrons. The van der Waals surface area contributed by atoms with Gasteiger partial charge in [-0.25, -0.2) is 4.39 Å². The van der Waals surface area contributed by atoms with Crippen molar-refractivity contribution in [1.29, 1.82) is 0 Å². The van der Waals surface area contributed by atoms with Crippen LogP contribution in [-0.2, 0) is 0 Å². The number of benzene rings is 2. The van der Waals surface area contributed by atoms with Crippen molar-refractivity contribution in [1.82, 2.24) is 5.32 Å². The Hall–Kier alpha value is -1.66. The summed E-state index contributed by atoms with van der Waals surface area (Å²) in [5, 5.41) is 6.63. The Labute approximate surface area is 161 Å². The van der Waals surface area contributed by atoms with Crippen LogP contribution in [0.3, 0.4) is 0 Å². The van der Waals surface area contributed by atoms with Gasteiger partial charge in [-0.3, -0.25) is 0 Å². The van der Waals surface area contributed by atoms with Crippen LogP contribution in [0.2, 0.25) is 0 Å². The van der Waals surface area contributed by atoms with Gasteiger partial charge in [0.25, 0.3) is 0 Å². The van der Waals surface area contributed by atoms with E-state index in [1.54, 1.807) is 12.1 Å². The molecule has 132 valence electrons. The molecule has 0 unspecified atom stereocenters. The van der Waals surface area contributed by atoms with Gasteiger partial charge in [-0.05, 0) is 62.8 Å². The lowest BCUT2D eigenvalue weighted by molar-refractivity contribution is 0.0696. The van der Waals surface area contributed by atoms with Gasteiger partial charge in [0.1, 0.15) is 17.2 Å².